The van der Waals surface area contributed by atoms with Gasteiger partial charge in [-0.2, -0.15) is 0 Å². The largest absolute Gasteiger partial charge is 0.352 e. The van der Waals surface area contributed by atoms with Crippen molar-refractivity contribution in [3.05, 3.63) is 17.5 Å². The third kappa shape index (κ3) is 3.89. The van der Waals surface area contributed by atoms with Crippen molar-refractivity contribution in [2.45, 2.75) is 55.5 Å². The Balaban J connectivity index is 1.54. The molecule has 1 saturated carbocycles. The van der Waals surface area contributed by atoms with Crippen LogP contribution in [0, 0.1) is 0 Å². The van der Waals surface area contributed by atoms with Crippen LogP contribution in [0.2, 0.25) is 0 Å². The van der Waals surface area contributed by atoms with Gasteiger partial charge >= 0.3 is 0 Å². The Morgan fingerprint density at radius 2 is 2.27 bits per heavy atom. The maximum Gasteiger partial charge on any atom is 0.233 e. The molecule has 2 aromatic heterocycles. The lowest BCUT2D eigenvalue weighted by atomic mass is 9.95. The molecule has 3 rings (SSSR count). The van der Waals surface area contributed by atoms with E-state index in [1.54, 1.807) is 11.3 Å². The molecule has 1 fully saturated rings. The Labute approximate surface area is 138 Å². The lowest BCUT2D eigenvalue weighted by Crippen LogP contribution is -2.40. The minimum atomic E-state index is -0.186. The first-order valence-electron chi connectivity index (χ1n) is 7.65. The summed E-state index contributed by atoms with van der Waals surface area (Å²) in [6.07, 6.45) is 5.94. The van der Waals surface area contributed by atoms with E-state index in [1.807, 2.05) is 24.4 Å². The maximum absolute atomic E-state index is 12.3. The molecule has 118 valence electrons. The lowest BCUT2D eigenvalue weighted by molar-refractivity contribution is -0.121. The summed E-state index contributed by atoms with van der Waals surface area (Å²) in [7, 11) is 0. The van der Waals surface area contributed by atoms with Gasteiger partial charge in [-0.25, -0.2) is 4.98 Å². The van der Waals surface area contributed by atoms with Gasteiger partial charge in [0.05, 0.1) is 10.1 Å². The normalized spacial score (nSPS) is 17.3. The van der Waals surface area contributed by atoms with Crippen molar-refractivity contribution in [1.82, 2.24) is 20.5 Å². The zero-order valence-electron chi connectivity index (χ0n) is 12.5. The third-order valence-corrected chi connectivity index (χ3v) is 5.66. The van der Waals surface area contributed by atoms with E-state index in [0.717, 1.165) is 23.5 Å². The van der Waals surface area contributed by atoms with Crippen LogP contribution in [0.1, 0.15) is 39.0 Å². The molecule has 2 N–H and O–H groups in total. The van der Waals surface area contributed by atoms with Gasteiger partial charge in [-0.05, 0) is 31.2 Å². The van der Waals surface area contributed by atoms with E-state index < -0.39 is 0 Å². The summed E-state index contributed by atoms with van der Waals surface area (Å²) in [6.45, 7) is 1.91. The van der Waals surface area contributed by atoms with Gasteiger partial charge in [-0.15, -0.1) is 16.4 Å². The number of hydrogen-bond acceptors (Lipinski definition) is 5. The number of nitrogens with one attached hydrogen (secondary N) is 2. The topological polar surface area (TPSA) is 70.7 Å². The number of carbonyl (C=O) groups excluding carboxylic acids is 1. The second kappa shape index (κ2) is 7.28. The highest BCUT2D eigenvalue weighted by atomic mass is 32.2. The molecule has 1 amide bonds. The molecule has 1 atom stereocenters. The fourth-order valence-corrected chi connectivity index (χ4v) is 4.00. The van der Waals surface area contributed by atoms with E-state index in [9.17, 15) is 4.79 Å². The van der Waals surface area contributed by atoms with Crippen LogP contribution < -0.4 is 5.32 Å². The summed E-state index contributed by atoms with van der Waals surface area (Å²) in [5.74, 6) is 0.844. The summed E-state index contributed by atoms with van der Waals surface area (Å²) in [4.78, 5) is 17.8. The van der Waals surface area contributed by atoms with Gasteiger partial charge in [0, 0.05) is 6.04 Å². The molecule has 1 aliphatic carbocycles. The summed E-state index contributed by atoms with van der Waals surface area (Å²) in [6, 6.07) is 4.33. The van der Waals surface area contributed by atoms with Crippen molar-refractivity contribution >= 4 is 29.0 Å². The smallest absolute Gasteiger partial charge is 0.233 e. The zero-order valence-corrected chi connectivity index (χ0v) is 14.2. The Morgan fingerprint density at radius 3 is 3.00 bits per heavy atom. The van der Waals surface area contributed by atoms with E-state index in [0.29, 0.717) is 11.2 Å². The number of thiophene rings is 1. The molecule has 1 aliphatic rings. The quantitative estimate of drug-likeness (QED) is 0.820. The van der Waals surface area contributed by atoms with Crippen molar-refractivity contribution in [3.8, 4) is 10.7 Å². The van der Waals surface area contributed by atoms with Crippen LogP contribution in [0.5, 0.6) is 0 Å². The molecule has 5 nitrogen and oxygen atoms in total. The van der Waals surface area contributed by atoms with E-state index in [2.05, 4.69) is 20.5 Å². The molecule has 2 heterocycles. The number of amides is 1. The number of thioether (sulfide) groups is 1. The standard InChI is InChI=1S/C15H20N4OS2/c1-10(14(20)16-11-6-3-2-4-7-11)22-15-17-13(18-19-15)12-8-5-9-21-12/h5,8-11H,2-4,6-7H2,1H3,(H,16,20)(H,17,18,19). The van der Waals surface area contributed by atoms with Crippen molar-refractivity contribution in [3.63, 3.8) is 0 Å². The van der Waals surface area contributed by atoms with Gasteiger partial charge in [0.2, 0.25) is 11.1 Å². The summed E-state index contributed by atoms with van der Waals surface area (Å²) in [5.41, 5.74) is 0. The Bertz CT molecular complexity index is 605. The molecule has 0 aliphatic heterocycles. The number of H-pyrrole nitrogens is 1. The highest BCUT2D eigenvalue weighted by Crippen LogP contribution is 2.25. The SMILES string of the molecule is CC(Sc1n[nH]c(-c2cccs2)n1)C(=O)NC1CCCCC1. The predicted molar refractivity (Wildman–Crippen MR) is 90.0 cm³/mol. The van der Waals surface area contributed by atoms with Crippen molar-refractivity contribution in [2.75, 3.05) is 0 Å². The van der Waals surface area contributed by atoms with E-state index >= 15 is 0 Å². The van der Waals surface area contributed by atoms with E-state index in [1.165, 1.54) is 31.0 Å². The first-order chi connectivity index (χ1) is 10.7. The monoisotopic (exact) mass is 336 g/mol. The van der Waals surface area contributed by atoms with E-state index in [4.69, 9.17) is 0 Å². The van der Waals surface area contributed by atoms with Gasteiger partial charge in [0.25, 0.3) is 0 Å². The highest BCUT2D eigenvalue weighted by Gasteiger charge is 2.21. The molecule has 1 unspecified atom stereocenters. The molecule has 2 aromatic rings. The molecule has 0 aromatic carbocycles. The van der Waals surface area contributed by atoms with Crippen LogP contribution in [0.4, 0.5) is 0 Å². The van der Waals surface area contributed by atoms with Gasteiger partial charge in [0.1, 0.15) is 0 Å². The van der Waals surface area contributed by atoms with Gasteiger partial charge < -0.3 is 5.32 Å². The van der Waals surface area contributed by atoms with Gasteiger partial charge in [-0.3, -0.25) is 9.89 Å². The van der Waals surface area contributed by atoms with Crippen molar-refractivity contribution < 1.29 is 4.79 Å². The molecule has 0 bridgehead atoms. The molecule has 0 radical (unpaired) electrons. The van der Waals surface area contributed by atoms with Gasteiger partial charge in [-0.1, -0.05) is 37.1 Å². The predicted octanol–water partition coefficient (Wildman–Crippen LogP) is 3.46. The molecular formula is C15H20N4OS2. The number of aromatic nitrogens is 3. The van der Waals surface area contributed by atoms with Crippen molar-refractivity contribution in [1.29, 1.82) is 0 Å². The molecule has 7 heteroatoms. The fraction of sp³-hybridized carbons (Fsp3) is 0.533. The van der Waals surface area contributed by atoms with Crippen LogP contribution in [-0.4, -0.2) is 32.4 Å². The number of carbonyl (C=O) groups is 1. The molecule has 0 saturated heterocycles. The fourth-order valence-electron chi connectivity index (χ4n) is 2.60. The highest BCUT2D eigenvalue weighted by molar-refractivity contribution is 8.00. The average Bonchev–Trinajstić information content (AvgIpc) is 3.19. The van der Waals surface area contributed by atoms with E-state index in [-0.39, 0.29) is 11.2 Å². The molecular weight excluding hydrogens is 316 g/mol. The van der Waals surface area contributed by atoms with Crippen LogP contribution in [0.25, 0.3) is 10.7 Å². The minimum absolute atomic E-state index is 0.0828. The van der Waals surface area contributed by atoms with Crippen LogP contribution in [0.3, 0.4) is 0 Å². The second-order valence-electron chi connectivity index (χ2n) is 5.55. The number of aromatic amines is 1. The molecule has 0 spiro atoms. The first kappa shape index (κ1) is 15.6. The summed E-state index contributed by atoms with van der Waals surface area (Å²) < 4.78 is 0. The Hall–Kier alpha value is -1.34. The number of hydrogen-bond donors (Lipinski definition) is 2. The maximum atomic E-state index is 12.3. The number of rotatable bonds is 5. The van der Waals surface area contributed by atoms with Crippen molar-refractivity contribution in [2.24, 2.45) is 0 Å². The first-order valence-corrected chi connectivity index (χ1v) is 9.41. The van der Waals surface area contributed by atoms with Gasteiger partial charge in [0.15, 0.2) is 5.82 Å². The average molecular weight is 336 g/mol. The van der Waals surface area contributed by atoms with Crippen LogP contribution in [0.15, 0.2) is 22.7 Å². The zero-order chi connectivity index (χ0) is 15.4. The lowest BCUT2D eigenvalue weighted by Gasteiger charge is -2.24. The van der Waals surface area contributed by atoms with Crippen LogP contribution in [-0.2, 0) is 4.79 Å². The minimum Gasteiger partial charge on any atom is -0.352 e. The summed E-state index contributed by atoms with van der Waals surface area (Å²) >= 11 is 3.01. The Morgan fingerprint density at radius 1 is 1.45 bits per heavy atom. The Kier molecular flexibility index (Phi) is 5.15. The third-order valence-electron chi connectivity index (χ3n) is 3.82. The summed E-state index contributed by atoms with van der Waals surface area (Å²) in [5, 5.41) is 12.7. The molecule has 22 heavy (non-hydrogen) atoms. The van der Waals surface area contributed by atoms with Crippen LogP contribution >= 0.6 is 23.1 Å². The number of nitrogens with zero attached hydrogens (tertiary/aromatic N) is 2. The second-order valence-corrected chi connectivity index (χ2v) is 7.80.